The normalized spacial score (nSPS) is 11.7. The number of rotatable bonds is 5. The van der Waals surface area contributed by atoms with Crippen LogP contribution in [-0.4, -0.2) is 28.9 Å². The summed E-state index contributed by atoms with van der Waals surface area (Å²) in [6.45, 7) is 1.52. The predicted octanol–water partition coefficient (Wildman–Crippen LogP) is 3.09. The van der Waals surface area contributed by atoms with Gasteiger partial charge in [0.25, 0.3) is 0 Å². The van der Waals surface area contributed by atoms with E-state index in [2.05, 4.69) is 10.3 Å². The van der Waals surface area contributed by atoms with Crippen LogP contribution < -0.4 is 11.1 Å². The van der Waals surface area contributed by atoms with Gasteiger partial charge in [0.1, 0.15) is 0 Å². The number of fused-ring (bicyclic) bond motifs is 1. The molecule has 3 aromatic rings. The number of Topliss-reactive ketones (excluding diaryl/α,β-unsaturated/α-hetero) is 1. The maximum atomic E-state index is 12.6. The van der Waals surface area contributed by atoms with Crippen LogP contribution in [0.15, 0.2) is 54.7 Å². The first-order valence-electron chi connectivity index (χ1n) is 7.93. The largest absolute Gasteiger partial charge is 0.451 e. The Morgan fingerprint density at radius 2 is 1.88 bits per heavy atom. The SMILES string of the molecule is C[C@@H](OC(=O)c1cccc(NC(N)=O)c1)C(=O)c1c[nH]c2ccccc12. The minimum absolute atomic E-state index is 0.204. The van der Waals surface area contributed by atoms with Gasteiger partial charge in [-0.1, -0.05) is 24.3 Å². The molecule has 4 N–H and O–H groups in total. The van der Waals surface area contributed by atoms with Crippen LogP contribution in [0.25, 0.3) is 10.9 Å². The fourth-order valence-electron chi connectivity index (χ4n) is 2.64. The number of nitrogens with two attached hydrogens (primary N) is 1. The number of primary amides is 1. The lowest BCUT2D eigenvalue weighted by molar-refractivity contribution is 0.0319. The van der Waals surface area contributed by atoms with Gasteiger partial charge in [0.05, 0.1) is 5.56 Å². The Labute approximate surface area is 149 Å². The lowest BCUT2D eigenvalue weighted by Gasteiger charge is -2.12. The van der Waals surface area contributed by atoms with Crippen LogP contribution in [0.1, 0.15) is 27.6 Å². The third-order valence-electron chi connectivity index (χ3n) is 3.87. The van der Waals surface area contributed by atoms with E-state index in [-0.39, 0.29) is 11.3 Å². The van der Waals surface area contributed by atoms with E-state index in [0.29, 0.717) is 11.3 Å². The molecule has 1 heterocycles. The maximum Gasteiger partial charge on any atom is 0.338 e. The van der Waals surface area contributed by atoms with Gasteiger partial charge in [0.2, 0.25) is 5.78 Å². The zero-order valence-corrected chi connectivity index (χ0v) is 14.0. The number of urea groups is 1. The molecule has 7 heteroatoms. The average Bonchev–Trinajstić information content (AvgIpc) is 3.04. The van der Waals surface area contributed by atoms with Gasteiger partial charge < -0.3 is 20.8 Å². The van der Waals surface area contributed by atoms with Crippen molar-refractivity contribution in [3.05, 3.63) is 65.9 Å². The van der Waals surface area contributed by atoms with Crippen LogP contribution in [0, 0.1) is 0 Å². The number of ketones is 1. The van der Waals surface area contributed by atoms with Gasteiger partial charge in [-0.2, -0.15) is 0 Å². The van der Waals surface area contributed by atoms with Crippen molar-refractivity contribution in [3.8, 4) is 0 Å². The van der Waals surface area contributed by atoms with E-state index in [0.717, 1.165) is 10.9 Å². The highest BCUT2D eigenvalue weighted by Crippen LogP contribution is 2.20. The number of esters is 1. The Bertz CT molecular complexity index is 993. The smallest absolute Gasteiger partial charge is 0.338 e. The van der Waals surface area contributed by atoms with Gasteiger partial charge in [-0.3, -0.25) is 4.79 Å². The van der Waals surface area contributed by atoms with Crippen molar-refractivity contribution in [1.29, 1.82) is 0 Å². The third kappa shape index (κ3) is 3.56. The van der Waals surface area contributed by atoms with E-state index in [4.69, 9.17) is 10.5 Å². The summed E-state index contributed by atoms with van der Waals surface area (Å²) < 4.78 is 5.28. The molecule has 0 spiro atoms. The van der Waals surface area contributed by atoms with Crippen LogP contribution in [0.5, 0.6) is 0 Å². The molecule has 0 unspecified atom stereocenters. The average molecular weight is 351 g/mol. The number of nitrogens with one attached hydrogen (secondary N) is 2. The highest BCUT2D eigenvalue weighted by Gasteiger charge is 2.23. The Hall–Kier alpha value is -3.61. The van der Waals surface area contributed by atoms with Crippen molar-refractivity contribution in [1.82, 2.24) is 4.98 Å². The number of hydrogen-bond acceptors (Lipinski definition) is 4. The van der Waals surface area contributed by atoms with Gasteiger partial charge in [0, 0.05) is 28.4 Å². The highest BCUT2D eigenvalue weighted by atomic mass is 16.5. The van der Waals surface area contributed by atoms with Gasteiger partial charge in [-0.05, 0) is 31.2 Å². The maximum absolute atomic E-state index is 12.6. The fraction of sp³-hybridized carbons (Fsp3) is 0.105. The number of para-hydroxylation sites is 1. The molecule has 3 rings (SSSR count). The van der Waals surface area contributed by atoms with Crippen LogP contribution in [-0.2, 0) is 4.74 Å². The molecule has 0 aliphatic rings. The standard InChI is InChI=1S/C19H17N3O4/c1-11(17(23)15-10-21-16-8-3-2-7-14(15)16)26-18(24)12-5-4-6-13(9-12)22-19(20)25/h2-11,21H,1H3,(H3,20,22,25)/t11-/m1/s1. The molecule has 0 aliphatic heterocycles. The van der Waals surface area contributed by atoms with Crippen molar-refractivity contribution in [2.45, 2.75) is 13.0 Å². The molecule has 0 aliphatic carbocycles. The summed E-state index contributed by atoms with van der Waals surface area (Å²) in [4.78, 5) is 38.9. The second-order valence-corrected chi connectivity index (χ2v) is 5.73. The summed E-state index contributed by atoms with van der Waals surface area (Å²) in [5.41, 5.74) is 6.92. The molecule has 7 nitrogen and oxygen atoms in total. The molecule has 1 atom stereocenters. The first kappa shape index (κ1) is 17.2. The van der Waals surface area contributed by atoms with E-state index in [9.17, 15) is 14.4 Å². The van der Waals surface area contributed by atoms with E-state index < -0.39 is 18.1 Å². The Morgan fingerprint density at radius 1 is 1.12 bits per heavy atom. The number of carbonyl (C=O) groups excluding carboxylic acids is 3. The number of H-pyrrole nitrogens is 1. The molecule has 0 saturated heterocycles. The van der Waals surface area contributed by atoms with Gasteiger partial charge in [0.15, 0.2) is 6.10 Å². The Morgan fingerprint density at radius 3 is 2.65 bits per heavy atom. The van der Waals surface area contributed by atoms with Crippen LogP contribution in [0.2, 0.25) is 0 Å². The molecule has 0 radical (unpaired) electrons. The number of hydrogen-bond donors (Lipinski definition) is 3. The first-order chi connectivity index (χ1) is 12.5. The van der Waals surface area contributed by atoms with Crippen molar-refractivity contribution in [3.63, 3.8) is 0 Å². The second-order valence-electron chi connectivity index (χ2n) is 5.73. The quantitative estimate of drug-likeness (QED) is 0.484. The zero-order chi connectivity index (χ0) is 18.7. The van der Waals surface area contributed by atoms with Crippen molar-refractivity contribution in [2.24, 2.45) is 5.73 Å². The summed E-state index contributed by atoms with van der Waals surface area (Å²) in [6.07, 6.45) is 0.642. The van der Waals surface area contributed by atoms with Crippen molar-refractivity contribution < 1.29 is 19.1 Å². The number of carbonyl (C=O) groups is 3. The van der Waals surface area contributed by atoms with Gasteiger partial charge in [-0.15, -0.1) is 0 Å². The monoisotopic (exact) mass is 351 g/mol. The minimum Gasteiger partial charge on any atom is -0.451 e. The fourth-order valence-corrected chi connectivity index (χ4v) is 2.64. The molecule has 132 valence electrons. The van der Waals surface area contributed by atoms with Gasteiger partial charge in [-0.25, -0.2) is 9.59 Å². The van der Waals surface area contributed by atoms with Crippen LogP contribution >= 0.6 is 0 Å². The molecule has 2 aromatic carbocycles. The molecule has 2 amide bonds. The third-order valence-corrected chi connectivity index (χ3v) is 3.87. The van der Waals surface area contributed by atoms with E-state index in [1.807, 2.05) is 24.3 Å². The van der Waals surface area contributed by atoms with Crippen molar-refractivity contribution in [2.75, 3.05) is 5.32 Å². The lowest BCUT2D eigenvalue weighted by Crippen LogP contribution is -2.24. The molecule has 1 aromatic heterocycles. The molecule has 0 fully saturated rings. The molecule has 0 saturated carbocycles. The summed E-state index contributed by atoms with van der Waals surface area (Å²) in [6, 6.07) is 12.8. The summed E-state index contributed by atoms with van der Waals surface area (Å²) >= 11 is 0. The predicted molar refractivity (Wildman–Crippen MR) is 97.2 cm³/mol. The molecular weight excluding hydrogens is 334 g/mol. The number of aromatic amines is 1. The lowest BCUT2D eigenvalue weighted by atomic mass is 10.1. The summed E-state index contributed by atoms with van der Waals surface area (Å²) in [7, 11) is 0. The number of aromatic nitrogens is 1. The number of amides is 2. The molecule has 0 bridgehead atoms. The molecular formula is C19H17N3O4. The summed E-state index contributed by atoms with van der Waals surface area (Å²) in [5, 5.41) is 3.15. The van der Waals surface area contributed by atoms with Crippen LogP contribution in [0.4, 0.5) is 10.5 Å². The molecule has 26 heavy (non-hydrogen) atoms. The topological polar surface area (TPSA) is 114 Å². The first-order valence-corrected chi connectivity index (χ1v) is 7.93. The van der Waals surface area contributed by atoms with E-state index in [1.165, 1.54) is 19.1 Å². The minimum atomic E-state index is -0.963. The Kier molecular flexibility index (Phi) is 4.70. The summed E-state index contributed by atoms with van der Waals surface area (Å²) in [5.74, 6) is -0.971. The number of benzene rings is 2. The highest BCUT2D eigenvalue weighted by molar-refractivity contribution is 6.10. The zero-order valence-electron chi connectivity index (χ0n) is 14.0. The number of anilines is 1. The van der Waals surface area contributed by atoms with E-state index in [1.54, 1.807) is 18.3 Å². The van der Waals surface area contributed by atoms with Crippen LogP contribution in [0.3, 0.4) is 0 Å². The number of ether oxygens (including phenoxy) is 1. The van der Waals surface area contributed by atoms with Gasteiger partial charge >= 0.3 is 12.0 Å². The van der Waals surface area contributed by atoms with E-state index >= 15 is 0 Å². The van der Waals surface area contributed by atoms with Crippen molar-refractivity contribution >= 4 is 34.4 Å². The second kappa shape index (κ2) is 7.10. The Balaban J connectivity index is 1.75.